The number of rotatable bonds is 5. The lowest BCUT2D eigenvalue weighted by Crippen LogP contribution is -2.42. The van der Waals surface area contributed by atoms with E-state index in [0.717, 1.165) is 31.5 Å². The summed E-state index contributed by atoms with van der Waals surface area (Å²) in [6, 6.07) is 17.8. The van der Waals surface area contributed by atoms with Gasteiger partial charge in [0.1, 0.15) is 0 Å². The number of nitrogens with one attached hydrogen (secondary N) is 3. The first kappa shape index (κ1) is 20.5. The highest BCUT2D eigenvalue weighted by Crippen LogP contribution is 2.29. The molecular weight excluding hydrogens is 398 g/mol. The Bertz CT molecular complexity index is 1190. The zero-order valence-electron chi connectivity index (χ0n) is 16.8. The third-order valence-electron chi connectivity index (χ3n) is 5.47. The Morgan fingerprint density at radius 2 is 1.63 bits per heavy atom. The monoisotopic (exact) mass is 423 g/mol. The van der Waals surface area contributed by atoms with Crippen molar-refractivity contribution < 1.29 is 13.2 Å². The molecule has 0 atom stereocenters. The lowest BCUT2D eigenvalue weighted by Gasteiger charge is -2.24. The lowest BCUT2D eigenvalue weighted by atomic mass is 10.1. The molecule has 0 bridgehead atoms. The van der Waals surface area contributed by atoms with Crippen molar-refractivity contribution in [2.75, 3.05) is 18.4 Å². The molecule has 1 aliphatic heterocycles. The average molecular weight is 424 g/mol. The third kappa shape index (κ3) is 4.23. The number of hydrogen-bond acceptors (Lipinski definition) is 4. The number of anilines is 1. The number of carbonyl (C=O) groups excluding carboxylic acids is 1. The molecule has 156 valence electrons. The molecule has 1 aliphatic rings. The van der Waals surface area contributed by atoms with Crippen LogP contribution in [0.2, 0.25) is 0 Å². The second kappa shape index (κ2) is 8.55. The second-order valence-electron chi connectivity index (χ2n) is 7.57. The van der Waals surface area contributed by atoms with Crippen molar-refractivity contribution in [1.29, 1.82) is 0 Å². The fourth-order valence-corrected chi connectivity index (χ4v) is 5.39. The number of amides is 1. The van der Waals surface area contributed by atoms with E-state index in [9.17, 15) is 13.2 Å². The summed E-state index contributed by atoms with van der Waals surface area (Å²) in [7, 11) is -3.68. The quantitative estimate of drug-likeness (QED) is 0.587. The molecular formula is C23H25N3O3S. The van der Waals surface area contributed by atoms with Crippen molar-refractivity contribution in [3.05, 3.63) is 71.8 Å². The number of hydrogen-bond donors (Lipinski definition) is 3. The van der Waals surface area contributed by atoms with Gasteiger partial charge in [-0.05, 0) is 56.6 Å². The predicted octanol–water partition coefficient (Wildman–Crippen LogP) is 3.43. The van der Waals surface area contributed by atoms with Crippen molar-refractivity contribution in [1.82, 2.24) is 10.0 Å². The summed E-state index contributed by atoms with van der Waals surface area (Å²) in [5.41, 5.74) is 2.05. The van der Waals surface area contributed by atoms with Crippen molar-refractivity contribution in [2.45, 2.75) is 30.7 Å². The molecule has 0 aliphatic carbocycles. The maximum absolute atomic E-state index is 13.1. The molecule has 7 heteroatoms. The van der Waals surface area contributed by atoms with Crippen molar-refractivity contribution in [3.63, 3.8) is 0 Å². The number of carbonyl (C=O) groups is 1. The summed E-state index contributed by atoms with van der Waals surface area (Å²) in [4.78, 5) is 13.0. The molecule has 3 N–H and O–H groups in total. The Kier molecular flexibility index (Phi) is 5.85. The standard InChI is InChI=1S/C23H25N3O3S/c1-16-6-2-3-7-18(16)23(27)25-21-10-4-9-20-19(21)8-5-11-22(20)30(28,29)26-17-12-14-24-15-13-17/h2-11,17,24,26H,12-15H2,1H3,(H,25,27). The minimum absolute atomic E-state index is 0.0737. The Balaban J connectivity index is 1.68. The van der Waals surface area contributed by atoms with Crippen LogP contribution in [-0.2, 0) is 10.0 Å². The highest BCUT2D eigenvalue weighted by Gasteiger charge is 2.24. The van der Waals surface area contributed by atoms with E-state index in [2.05, 4.69) is 15.4 Å². The van der Waals surface area contributed by atoms with Gasteiger partial charge in [-0.15, -0.1) is 0 Å². The molecule has 1 heterocycles. The molecule has 0 saturated carbocycles. The molecule has 3 aromatic rings. The molecule has 1 amide bonds. The molecule has 3 aromatic carbocycles. The number of benzene rings is 3. The van der Waals surface area contributed by atoms with Crippen LogP contribution in [0.25, 0.3) is 10.8 Å². The number of piperidine rings is 1. The van der Waals surface area contributed by atoms with Crippen molar-refractivity contribution in [2.24, 2.45) is 0 Å². The maximum Gasteiger partial charge on any atom is 0.255 e. The topological polar surface area (TPSA) is 87.3 Å². The van der Waals surface area contributed by atoms with Gasteiger partial charge in [0.05, 0.1) is 4.90 Å². The Morgan fingerprint density at radius 3 is 2.40 bits per heavy atom. The van der Waals surface area contributed by atoms with E-state index >= 15 is 0 Å². The van der Waals surface area contributed by atoms with Gasteiger partial charge in [0.2, 0.25) is 10.0 Å². The minimum atomic E-state index is -3.68. The van der Waals surface area contributed by atoms with Crippen LogP contribution in [0.1, 0.15) is 28.8 Å². The summed E-state index contributed by atoms with van der Waals surface area (Å²) in [5, 5.41) is 7.45. The van der Waals surface area contributed by atoms with Gasteiger partial charge in [-0.3, -0.25) is 4.79 Å². The van der Waals surface area contributed by atoms with Crippen LogP contribution < -0.4 is 15.4 Å². The van der Waals surface area contributed by atoms with Crippen LogP contribution in [0.3, 0.4) is 0 Å². The number of sulfonamides is 1. The summed E-state index contributed by atoms with van der Waals surface area (Å²) < 4.78 is 29.0. The molecule has 1 saturated heterocycles. The molecule has 0 aromatic heterocycles. The van der Waals surface area contributed by atoms with Crippen molar-refractivity contribution >= 4 is 32.4 Å². The highest BCUT2D eigenvalue weighted by atomic mass is 32.2. The number of aryl methyl sites for hydroxylation is 1. The summed E-state index contributed by atoms with van der Waals surface area (Å²) >= 11 is 0. The minimum Gasteiger partial charge on any atom is -0.321 e. The van der Waals surface area contributed by atoms with Gasteiger partial charge in [0.25, 0.3) is 5.91 Å². The molecule has 0 radical (unpaired) electrons. The van der Waals surface area contributed by atoms with E-state index in [1.54, 1.807) is 36.4 Å². The summed E-state index contributed by atoms with van der Waals surface area (Å²) in [6.07, 6.45) is 1.53. The SMILES string of the molecule is Cc1ccccc1C(=O)Nc1cccc2c(S(=O)(=O)NC3CCNCC3)cccc12. The van der Waals surface area contributed by atoms with Crippen LogP contribution in [-0.4, -0.2) is 33.5 Å². The Hall–Kier alpha value is -2.74. The first-order valence-corrected chi connectivity index (χ1v) is 11.6. The van der Waals surface area contributed by atoms with Crippen molar-refractivity contribution in [3.8, 4) is 0 Å². The van der Waals surface area contributed by atoms with Crippen LogP contribution in [0.4, 0.5) is 5.69 Å². The van der Waals surface area contributed by atoms with Crippen LogP contribution in [0.5, 0.6) is 0 Å². The van der Waals surface area contributed by atoms with E-state index < -0.39 is 10.0 Å². The van der Waals surface area contributed by atoms with Gasteiger partial charge in [-0.1, -0.05) is 42.5 Å². The number of fused-ring (bicyclic) bond motifs is 1. The third-order valence-corrected chi connectivity index (χ3v) is 7.05. The van der Waals surface area contributed by atoms with Gasteiger partial charge in [0.15, 0.2) is 0 Å². The van der Waals surface area contributed by atoms with E-state index in [-0.39, 0.29) is 16.8 Å². The van der Waals surface area contributed by atoms with Gasteiger partial charge in [-0.25, -0.2) is 13.1 Å². The summed E-state index contributed by atoms with van der Waals surface area (Å²) in [5.74, 6) is -0.221. The molecule has 1 fully saturated rings. The van der Waals surface area contributed by atoms with Crippen LogP contribution in [0, 0.1) is 6.92 Å². The van der Waals surface area contributed by atoms with E-state index in [0.29, 0.717) is 22.0 Å². The first-order valence-electron chi connectivity index (χ1n) is 10.1. The molecule has 0 unspecified atom stereocenters. The van der Waals surface area contributed by atoms with Crippen LogP contribution >= 0.6 is 0 Å². The highest BCUT2D eigenvalue weighted by molar-refractivity contribution is 7.89. The van der Waals surface area contributed by atoms with Crippen LogP contribution in [0.15, 0.2) is 65.6 Å². The Morgan fingerprint density at radius 1 is 0.933 bits per heavy atom. The van der Waals surface area contributed by atoms with Gasteiger partial charge >= 0.3 is 0 Å². The van der Waals surface area contributed by atoms with Gasteiger partial charge < -0.3 is 10.6 Å². The lowest BCUT2D eigenvalue weighted by molar-refractivity contribution is 0.102. The molecule has 0 spiro atoms. The fraction of sp³-hybridized carbons (Fsp3) is 0.261. The van der Waals surface area contributed by atoms with Gasteiger partial charge in [0, 0.05) is 28.1 Å². The fourth-order valence-electron chi connectivity index (χ4n) is 3.86. The largest absolute Gasteiger partial charge is 0.321 e. The first-order chi connectivity index (χ1) is 14.5. The normalized spacial score (nSPS) is 15.2. The second-order valence-corrected chi connectivity index (χ2v) is 9.25. The zero-order valence-corrected chi connectivity index (χ0v) is 17.6. The van der Waals surface area contributed by atoms with E-state index in [1.807, 2.05) is 31.2 Å². The average Bonchev–Trinajstić information content (AvgIpc) is 2.74. The molecule has 6 nitrogen and oxygen atoms in total. The molecule has 4 rings (SSSR count). The predicted molar refractivity (Wildman–Crippen MR) is 119 cm³/mol. The van der Waals surface area contributed by atoms with Gasteiger partial charge in [-0.2, -0.15) is 0 Å². The maximum atomic E-state index is 13.1. The zero-order chi connectivity index (χ0) is 21.1. The van der Waals surface area contributed by atoms with E-state index in [1.165, 1.54) is 0 Å². The van der Waals surface area contributed by atoms with E-state index in [4.69, 9.17) is 0 Å². The summed E-state index contributed by atoms with van der Waals surface area (Å²) in [6.45, 7) is 3.49. The Labute approximate surface area is 176 Å². The smallest absolute Gasteiger partial charge is 0.255 e. The molecule has 30 heavy (non-hydrogen) atoms.